The van der Waals surface area contributed by atoms with Crippen molar-refractivity contribution in [3.8, 4) is 0 Å². The molecule has 0 aromatic carbocycles. The van der Waals surface area contributed by atoms with Crippen LogP contribution in [0.1, 0.15) is 12.0 Å². The fourth-order valence-electron chi connectivity index (χ4n) is 0.994. The number of anilines is 1. The van der Waals surface area contributed by atoms with Crippen molar-refractivity contribution in [3.63, 3.8) is 0 Å². The van der Waals surface area contributed by atoms with Gasteiger partial charge in [0.05, 0.1) is 5.00 Å². The van der Waals surface area contributed by atoms with Crippen LogP contribution in [0.15, 0.2) is 11.4 Å². The van der Waals surface area contributed by atoms with Crippen molar-refractivity contribution in [2.24, 2.45) is 0 Å². The summed E-state index contributed by atoms with van der Waals surface area (Å²) in [6.07, 6.45) is 0.806. The molecule has 0 aliphatic rings. The Morgan fingerprint density at radius 3 is 3.08 bits per heavy atom. The third-order valence-corrected chi connectivity index (χ3v) is 2.56. The van der Waals surface area contributed by atoms with Gasteiger partial charge in [-0.05, 0) is 23.4 Å². The smallest absolute Gasteiger partial charge is 0.303 e. The maximum atomic E-state index is 10.3. The topological polar surface area (TPSA) is 49.3 Å². The predicted molar refractivity (Wildman–Crippen MR) is 49.8 cm³/mol. The highest BCUT2D eigenvalue weighted by Crippen LogP contribution is 2.23. The number of hydrogen-bond donors (Lipinski definition) is 2. The van der Waals surface area contributed by atoms with Gasteiger partial charge in [0.1, 0.15) is 0 Å². The van der Waals surface area contributed by atoms with Crippen molar-refractivity contribution >= 4 is 22.3 Å². The summed E-state index contributed by atoms with van der Waals surface area (Å²) >= 11 is 1.60. The van der Waals surface area contributed by atoms with Gasteiger partial charge in [0.25, 0.3) is 0 Å². The van der Waals surface area contributed by atoms with Crippen LogP contribution >= 0.6 is 11.3 Å². The molecule has 0 atom stereocenters. The lowest BCUT2D eigenvalue weighted by Crippen LogP contribution is -1.98. The van der Waals surface area contributed by atoms with Crippen LogP contribution in [0.4, 0.5) is 5.00 Å². The van der Waals surface area contributed by atoms with E-state index in [1.54, 1.807) is 11.3 Å². The van der Waals surface area contributed by atoms with Gasteiger partial charge in [0, 0.05) is 13.5 Å². The van der Waals surface area contributed by atoms with Gasteiger partial charge in [-0.25, -0.2) is 0 Å². The van der Waals surface area contributed by atoms with Crippen LogP contribution in [-0.4, -0.2) is 18.1 Å². The molecule has 12 heavy (non-hydrogen) atoms. The molecule has 3 nitrogen and oxygen atoms in total. The Labute approximate surface area is 75.0 Å². The zero-order valence-corrected chi connectivity index (χ0v) is 7.65. The zero-order valence-electron chi connectivity index (χ0n) is 6.83. The van der Waals surface area contributed by atoms with E-state index in [2.05, 4.69) is 5.32 Å². The fourth-order valence-corrected chi connectivity index (χ4v) is 1.80. The molecule has 0 aliphatic heterocycles. The molecule has 0 bridgehead atoms. The molecule has 0 amide bonds. The Kier molecular flexibility index (Phi) is 3.10. The average molecular weight is 185 g/mol. The van der Waals surface area contributed by atoms with Gasteiger partial charge >= 0.3 is 5.97 Å². The fraction of sp³-hybridized carbons (Fsp3) is 0.375. The minimum Gasteiger partial charge on any atom is -0.481 e. The Balaban J connectivity index is 2.56. The maximum absolute atomic E-state index is 10.3. The van der Waals surface area contributed by atoms with E-state index in [1.165, 1.54) is 0 Å². The molecular formula is C8H11NO2S. The highest BCUT2D eigenvalue weighted by molar-refractivity contribution is 7.14. The summed E-state index contributed by atoms with van der Waals surface area (Å²) in [4.78, 5) is 10.3. The van der Waals surface area contributed by atoms with Crippen LogP contribution in [0.25, 0.3) is 0 Å². The number of thiophene rings is 1. The Hall–Kier alpha value is -1.03. The number of carboxylic acids is 1. The third kappa shape index (κ3) is 2.23. The summed E-state index contributed by atoms with van der Waals surface area (Å²) in [6, 6.07) is 1.96. The molecule has 1 aromatic heterocycles. The van der Waals surface area contributed by atoms with E-state index in [1.807, 2.05) is 18.5 Å². The van der Waals surface area contributed by atoms with Crippen LogP contribution < -0.4 is 5.32 Å². The molecule has 1 rings (SSSR count). The molecule has 0 unspecified atom stereocenters. The SMILES string of the molecule is CNc1sccc1CCC(=O)O. The van der Waals surface area contributed by atoms with Crippen LogP contribution in [-0.2, 0) is 11.2 Å². The quantitative estimate of drug-likeness (QED) is 0.752. The molecule has 0 saturated carbocycles. The number of hydrogen-bond acceptors (Lipinski definition) is 3. The zero-order chi connectivity index (χ0) is 8.97. The van der Waals surface area contributed by atoms with Gasteiger partial charge in [-0.3, -0.25) is 4.79 Å². The van der Waals surface area contributed by atoms with Crippen molar-refractivity contribution in [1.82, 2.24) is 0 Å². The van der Waals surface area contributed by atoms with Crippen LogP contribution in [0, 0.1) is 0 Å². The summed E-state index contributed by atoms with van der Waals surface area (Å²) in [5.74, 6) is -0.747. The second-order valence-corrected chi connectivity index (χ2v) is 3.33. The van der Waals surface area contributed by atoms with E-state index < -0.39 is 5.97 Å². The third-order valence-electron chi connectivity index (χ3n) is 1.58. The van der Waals surface area contributed by atoms with E-state index in [9.17, 15) is 4.79 Å². The molecule has 0 radical (unpaired) electrons. The lowest BCUT2D eigenvalue weighted by molar-refractivity contribution is -0.136. The molecular weight excluding hydrogens is 174 g/mol. The van der Waals surface area contributed by atoms with Gasteiger partial charge in [-0.15, -0.1) is 11.3 Å². The normalized spacial score (nSPS) is 9.75. The molecule has 0 aliphatic carbocycles. The summed E-state index contributed by atoms with van der Waals surface area (Å²) in [6.45, 7) is 0. The number of rotatable bonds is 4. The van der Waals surface area contributed by atoms with Crippen LogP contribution in [0.3, 0.4) is 0 Å². The van der Waals surface area contributed by atoms with Crippen LogP contribution in [0.2, 0.25) is 0 Å². The van der Waals surface area contributed by atoms with Gasteiger partial charge in [-0.1, -0.05) is 0 Å². The first-order chi connectivity index (χ1) is 5.74. The van der Waals surface area contributed by atoms with E-state index in [0.717, 1.165) is 10.6 Å². The molecule has 0 fully saturated rings. The maximum Gasteiger partial charge on any atom is 0.303 e. The van der Waals surface area contributed by atoms with Gasteiger partial charge in [-0.2, -0.15) is 0 Å². The van der Waals surface area contributed by atoms with Crippen molar-refractivity contribution in [2.75, 3.05) is 12.4 Å². The molecule has 4 heteroatoms. The van der Waals surface area contributed by atoms with Crippen molar-refractivity contribution < 1.29 is 9.90 Å². The lowest BCUT2D eigenvalue weighted by Gasteiger charge is -1.99. The lowest BCUT2D eigenvalue weighted by atomic mass is 10.2. The standard InChI is InChI=1S/C8H11NO2S/c1-9-8-6(4-5-12-8)2-3-7(10)11/h4-5,9H,2-3H2,1H3,(H,10,11). The second-order valence-electron chi connectivity index (χ2n) is 2.42. The van der Waals surface area contributed by atoms with E-state index in [0.29, 0.717) is 6.42 Å². The number of carbonyl (C=O) groups is 1. The van der Waals surface area contributed by atoms with Crippen molar-refractivity contribution in [2.45, 2.75) is 12.8 Å². The number of carboxylic acid groups (broad SMARTS) is 1. The monoisotopic (exact) mass is 185 g/mol. The minimum absolute atomic E-state index is 0.200. The molecule has 66 valence electrons. The Morgan fingerprint density at radius 1 is 1.75 bits per heavy atom. The molecule has 2 N–H and O–H groups in total. The largest absolute Gasteiger partial charge is 0.481 e. The van der Waals surface area contributed by atoms with Crippen molar-refractivity contribution in [3.05, 3.63) is 17.0 Å². The van der Waals surface area contributed by atoms with E-state index in [4.69, 9.17) is 5.11 Å². The first-order valence-electron chi connectivity index (χ1n) is 3.70. The minimum atomic E-state index is -0.747. The molecule has 1 heterocycles. The van der Waals surface area contributed by atoms with Crippen LogP contribution in [0.5, 0.6) is 0 Å². The summed E-state index contributed by atoms with van der Waals surface area (Å²) < 4.78 is 0. The number of aliphatic carboxylic acids is 1. The molecule has 1 aromatic rings. The van der Waals surface area contributed by atoms with Crippen molar-refractivity contribution in [1.29, 1.82) is 0 Å². The van der Waals surface area contributed by atoms with Gasteiger partial charge in [0.15, 0.2) is 0 Å². The molecule has 0 spiro atoms. The number of aryl methyl sites for hydroxylation is 1. The first-order valence-corrected chi connectivity index (χ1v) is 4.58. The highest BCUT2D eigenvalue weighted by atomic mass is 32.1. The molecule has 0 saturated heterocycles. The second kappa shape index (κ2) is 4.11. The predicted octanol–water partition coefficient (Wildman–Crippen LogP) is 1.81. The Bertz CT molecular complexity index is 270. The summed E-state index contributed by atoms with van der Waals surface area (Å²) in [5.41, 5.74) is 1.09. The van der Waals surface area contributed by atoms with Gasteiger partial charge in [0.2, 0.25) is 0 Å². The summed E-state index contributed by atoms with van der Waals surface area (Å²) in [5, 5.41) is 14.5. The highest BCUT2D eigenvalue weighted by Gasteiger charge is 2.04. The average Bonchev–Trinajstić information content (AvgIpc) is 2.47. The van der Waals surface area contributed by atoms with E-state index >= 15 is 0 Å². The Morgan fingerprint density at radius 2 is 2.50 bits per heavy atom. The number of nitrogens with one attached hydrogen (secondary N) is 1. The van der Waals surface area contributed by atoms with E-state index in [-0.39, 0.29) is 6.42 Å². The first kappa shape index (κ1) is 9.06. The van der Waals surface area contributed by atoms with Gasteiger partial charge < -0.3 is 10.4 Å². The summed E-state index contributed by atoms with van der Waals surface area (Å²) in [7, 11) is 1.84.